The van der Waals surface area contributed by atoms with Gasteiger partial charge < -0.3 is 10.4 Å². The second-order valence-electron chi connectivity index (χ2n) is 6.26. The van der Waals surface area contributed by atoms with Crippen LogP contribution < -0.4 is 5.32 Å². The number of aliphatic hydroxyl groups excluding tert-OH is 1. The van der Waals surface area contributed by atoms with Crippen molar-refractivity contribution in [2.24, 2.45) is 5.41 Å². The molecule has 2 N–H and O–H groups in total. The third-order valence-electron chi connectivity index (χ3n) is 3.68. The van der Waals surface area contributed by atoms with Crippen LogP contribution in [0.25, 0.3) is 11.1 Å². The molecule has 0 spiro atoms. The highest BCUT2D eigenvalue weighted by Crippen LogP contribution is 2.26. The third-order valence-corrected chi connectivity index (χ3v) is 4.61. The van der Waals surface area contributed by atoms with E-state index in [0.29, 0.717) is 0 Å². The molecule has 0 amide bonds. The van der Waals surface area contributed by atoms with Crippen LogP contribution in [0.3, 0.4) is 0 Å². The molecule has 0 bridgehead atoms. The second-order valence-corrected chi connectivity index (χ2v) is 7.26. The number of benzene rings is 1. The number of nitrogens with one attached hydrogen (secondary N) is 1. The Kier molecular flexibility index (Phi) is 5.97. The maximum atomic E-state index is 8.93. The summed E-state index contributed by atoms with van der Waals surface area (Å²) in [6, 6.07) is 12.8. The molecule has 2 aromatic rings. The fraction of sp³-hybridized carbons (Fsp3) is 0.444. The molecule has 0 saturated heterocycles. The van der Waals surface area contributed by atoms with Gasteiger partial charge >= 0.3 is 0 Å². The van der Waals surface area contributed by atoms with E-state index in [1.54, 1.807) is 0 Å². The summed E-state index contributed by atoms with van der Waals surface area (Å²) in [7, 11) is 0. The first-order valence-corrected chi connectivity index (χ1v) is 8.43. The number of aliphatic hydroxyl groups is 1. The highest BCUT2D eigenvalue weighted by Gasteiger charge is 2.16. The predicted octanol–water partition coefficient (Wildman–Crippen LogP) is 4.30. The van der Waals surface area contributed by atoms with Crippen LogP contribution in [0.1, 0.15) is 31.6 Å². The van der Waals surface area contributed by atoms with Crippen molar-refractivity contribution < 1.29 is 5.11 Å². The van der Waals surface area contributed by atoms with Crippen LogP contribution in [-0.4, -0.2) is 18.3 Å². The van der Waals surface area contributed by atoms with Crippen LogP contribution in [0.4, 0.5) is 0 Å². The normalized spacial score (nSPS) is 11.8. The molecule has 1 heterocycles. The Labute approximate surface area is 131 Å². The number of hydrogen-bond acceptors (Lipinski definition) is 3. The smallest absolute Gasteiger partial charge is 0.0431 e. The lowest BCUT2D eigenvalue weighted by molar-refractivity contribution is 0.236. The van der Waals surface area contributed by atoms with Gasteiger partial charge in [0.25, 0.3) is 0 Å². The van der Waals surface area contributed by atoms with Gasteiger partial charge in [0.1, 0.15) is 0 Å². The summed E-state index contributed by atoms with van der Waals surface area (Å²) in [5, 5.41) is 14.7. The van der Waals surface area contributed by atoms with Crippen molar-refractivity contribution in [3.63, 3.8) is 0 Å². The lowest BCUT2D eigenvalue weighted by Crippen LogP contribution is -2.29. The monoisotopic (exact) mass is 303 g/mol. The molecule has 1 aromatic heterocycles. The van der Waals surface area contributed by atoms with Gasteiger partial charge in [0, 0.05) is 24.6 Å². The van der Waals surface area contributed by atoms with E-state index >= 15 is 0 Å². The lowest BCUT2D eigenvalue weighted by atomic mass is 9.88. The minimum absolute atomic E-state index is 0.238. The van der Waals surface area contributed by atoms with E-state index in [1.807, 2.05) is 17.4 Å². The Hall–Kier alpha value is -1.16. The van der Waals surface area contributed by atoms with Crippen LogP contribution >= 0.6 is 11.3 Å². The molecule has 1 aromatic carbocycles. The van der Waals surface area contributed by atoms with Gasteiger partial charge in [-0.15, -0.1) is 11.3 Å². The van der Waals surface area contributed by atoms with Crippen LogP contribution in [0, 0.1) is 5.41 Å². The van der Waals surface area contributed by atoms with E-state index in [1.165, 1.54) is 16.0 Å². The van der Waals surface area contributed by atoms with Gasteiger partial charge in [-0.25, -0.2) is 0 Å². The topological polar surface area (TPSA) is 32.3 Å². The molecule has 0 aliphatic rings. The van der Waals surface area contributed by atoms with E-state index in [0.717, 1.165) is 25.9 Å². The fourth-order valence-electron chi connectivity index (χ4n) is 2.43. The zero-order valence-corrected chi connectivity index (χ0v) is 13.7. The van der Waals surface area contributed by atoms with Gasteiger partial charge in [-0.05, 0) is 40.8 Å². The van der Waals surface area contributed by atoms with Gasteiger partial charge in [0.15, 0.2) is 0 Å². The molecular formula is C18H25NOS. The first-order chi connectivity index (χ1) is 10.1. The zero-order chi connectivity index (χ0) is 15.1. The minimum atomic E-state index is 0.238. The standard InChI is InChI=1S/C18H25NOS/c1-18(2,9-6-10-20)14-19-12-17-11-16(13-21-17)15-7-4-3-5-8-15/h3-5,7-8,11,13,19-20H,6,9-10,12,14H2,1-2H3. The maximum absolute atomic E-state index is 8.93. The first kappa shape index (κ1) is 16.2. The van der Waals surface area contributed by atoms with E-state index < -0.39 is 0 Å². The SMILES string of the molecule is CC(C)(CCCO)CNCc1cc(-c2ccccc2)cs1. The molecule has 0 fully saturated rings. The summed E-state index contributed by atoms with van der Waals surface area (Å²) >= 11 is 1.81. The Morgan fingerprint density at radius 1 is 1.14 bits per heavy atom. The summed E-state index contributed by atoms with van der Waals surface area (Å²) in [4.78, 5) is 1.37. The van der Waals surface area contributed by atoms with Crippen LogP contribution in [0.2, 0.25) is 0 Å². The summed E-state index contributed by atoms with van der Waals surface area (Å²) in [6.45, 7) is 6.68. The molecule has 2 nitrogen and oxygen atoms in total. The number of rotatable bonds is 8. The summed E-state index contributed by atoms with van der Waals surface area (Å²) in [6.07, 6.45) is 1.93. The van der Waals surface area contributed by atoms with Crippen molar-refractivity contribution in [3.05, 3.63) is 46.7 Å². The van der Waals surface area contributed by atoms with Crippen molar-refractivity contribution in [3.8, 4) is 11.1 Å². The summed E-state index contributed by atoms with van der Waals surface area (Å²) in [5.41, 5.74) is 2.82. The predicted molar refractivity (Wildman–Crippen MR) is 91.6 cm³/mol. The van der Waals surface area contributed by atoms with E-state index in [2.05, 4.69) is 54.9 Å². The van der Waals surface area contributed by atoms with Gasteiger partial charge in [0.05, 0.1) is 0 Å². The van der Waals surface area contributed by atoms with Crippen molar-refractivity contribution >= 4 is 11.3 Å². The molecule has 114 valence electrons. The van der Waals surface area contributed by atoms with Crippen LogP contribution in [0.5, 0.6) is 0 Å². The van der Waals surface area contributed by atoms with E-state index in [4.69, 9.17) is 5.11 Å². The summed E-state index contributed by atoms with van der Waals surface area (Å²) < 4.78 is 0. The molecule has 0 atom stereocenters. The lowest BCUT2D eigenvalue weighted by Gasteiger charge is -2.24. The van der Waals surface area contributed by atoms with Crippen molar-refractivity contribution in [2.75, 3.05) is 13.2 Å². The first-order valence-electron chi connectivity index (χ1n) is 7.55. The zero-order valence-electron chi connectivity index (χ0n) is 12.9. The molecule has 3 heteroatoms. The third kappa shape index (κ3) is 5.27. The molecule has 0 aliphatic carbocycles. The molecule has 2 rings (SSSR count). The average molecular weight is 303 g/mol. The molecule has 21 heavy (non-hydrogen) atoms. The van der Waals surface area contributed by atoms with Gasteiger partial charge in [-0.2, -0.15) is 0 Å². The fourth-order valence-corrected chi connectivity index (χ4v) is 3.29. The molecule has 0 aliphatic heterocycles. The quantitative estimate of drug-likeness (QED) is 0.762. The van der Waals surface area contributed by atoms with Crippen LogP contribution in [0.15, 0.2) is 41.8 Å². The van der Waals surface area contributed by atoms with E-state index in [-0.39, 0.29) is 12.0 Å². The molecule has 0 unspecified atom stereocenters. The van der Waals surface area contributed by atoms with Gasteiger partial charge in [-0.3, -0.25) is 0 Å². The minimum Gasteiger partial charge on any atom is -0.396 e. The molecular weight excluding hydrogens is 278 g/mol. The van der Waals surface area contributed by atoms with Gasteiger partial charge in [-0.1, -0.05) is 44.2 Å². The molecule has 0 radical (unpaired) electrons. The number of thiophene rings is 1. The maximum Gasteiger partial charge on any atom is 0.0431 e. The van der Waals surface area contributed by atoms with Gasteiger partial charge in [0.2, 0.25) is 0 Å². The Bertz CT molecular complexity index is 533. The largest absolute Gasteiger partial charge is 0.396 e. The van der Waals surface area contributed by atoms with Crippen molar-refractivity contribution in [1.82, 2.24) is 5.32 Å². The van der Waals surface area contributed by atoms with Crippen molar-refractivity contribution in [2.45, 2.75) is 33.2 Å². The number of hydrogen-bond donors (Lipinski definition) is 2. The van der Waals surface area contributed by atoms with E-state index in [9.17, 15) is 0 Å². The highest BCUT2D eigenvalue weighted by atomic mass is 32.1. The Morgan fingerprint density at radius 3 is 2.62 bits per heavy atom. The summed E-state index contributed by atoms with van der Waals surface area (Å²) in [5.74, 6) is 0. The van der Waals surface area contributed by atoms with Crippen LogP contribution in [-0.2, 0) is 6.54 Å². The Balaban J connectivity index is 1.83. The Morgan fingerprint density at radius 2 is 1.90 bits per heavy atom. The average Bonchev–Trinajstić information content (AvgIpc) is 2.95. The van der Waals surface area contributed by atoms with Crippen molar-refractivity contribution in [1.29, 1.82) is 0 Å². The second kappa shape index (κ2) is 7.74. The highest BCUT2D eigenvalue weighted by molar-refractivity contribution is 7.10. The molecule has 0 saturated carbocycles.